The van der Waals surface area contributed by atoms with Crippen LogP contribution < -0.4 is 5.32 Å². The molecule has 3 aromatic carbocycles. The molecule has 0 bridgehead atoms. The highest BCUT2D eigenvalue weighted by molar-refractivity contribution is 6.54. The second kappa shape index (κ2) is 6.56. The molecule has 0 fully saturated rings. The van der Waals surface area contributed by atoms with Crippen LogP contribution in [0.25, 0.3) is 0 Å². The molecule has 0 amide bonds. The maximum absolute atomic E-state index is 13.6. The topological polar surface area (TPSA) is 36.8 Å². The van der Waals surface area contributed by atoms with Crippen molar-refractivity contribution in [2.75, 3.05) is 5.32 Å². The standard InChI is InChI=1S/C22H18FN3/c1-14-3-8-17(9-4-14)24-21-19-12-7-16(23)13-20(19)26-22(21)25-18-10-5-15(2)6-11-18/h3-13H,1-2H3,(H,24,25,26). The SMILES string of the molecule is Cc1ccc(N=C2C(Nc3ccc(C)cc3)=Nc3cc(F)ccc32)cc1. The van der Waals surface area contributed by atoms with Gasteiger partial charge in [-0.15, -0.1) is 0 Å². The fourth-order valence-corrected chi connectivity index (χ4v) is 2.82. The van der Waals surface area contributed by atoms with Gasteiger partial charge in [0.1, 0.15) is 11.5 Å². The van der Waals surface area contributed by atoms with Crippen LogP contribution in [-0.2, 0) is 0 Å². The number of amidine groups is 1. The van der Waals surface area contributed by atoms with Crippen molar-refractivity contribution in [3.63, 3.8) is 0 Å². The minimum atomic E-state index is -0.307. The summed E-state index contributed by atoms with van der Waals surface area (Å²) in [6.45, 7) is 4.08. The first-order chi connectivity index (χ1) is 12.6. The fraction of sp³-hybridized carbons (Fsp3) is 0.0909. The highest BCUT2D eigenvalue weighted by atomic mass is 19.1. The second-order valence-corrected chi connectivity index (χ2v) is 6.41. The summed E-state index contributed by atoms with van der Waals surface area (Å²) in [5.74, 6) is 0.314. The summed E-state index contributed by atoms with van der Waals surface area (Å²) in [4.78, 5) is 9.33. The number of hydrogen-bond acceptors (Lipinski definition) is 3. The summed E-state index contributed by atoms with van der Waals surface area (Å²) in [5.41, 5.74) is 6.23. The predicted molar refractivity (Wildman–Crippen MR) is 106 cm³/mol. The van der Waals surface area contributed by atoms with E-state index in [1.807, 2.05) is 62.4 Å². The van der Waals surface area contributed by atoms with Crippen molar-refractivity contribution >= 4 is 28.6 Å². The predicted octanol–water partition coefficient (Wildman–Crippen LogP) is 5.72. The van der Waals surface area contributed by atoms with Crippen LogP contribution in [0, 0.1) is 19.7 Å². The number of nitrogens with zero attached hydrogens (tertiary/aromatic N) is 2. The van der Waals surface area contributed by atoms with E-state index in [0.29, 0.717) is 17.2 Å². The Labute approximate surface area is 152 Å². The number of aliphatic imine (C=N–C) groups is 2. The lowest BCUT2D eigenvalue weighted by molar-refractivity contribution is 0.628. The number of hydrogen-bond donors (Lipinski definition) is 1. The van der Waals surface area contributed by atoms with Crippen LogP contribution in [-0.4, -0.2) is 11.5 Å². The minimum Gasteiger partial charge on any atom is -0.338 e. The quantitative estimate of drug-likeness (QED) is 0.635. The highest BCUT2D eigenvalue weighted by Gasteiger charge is 2.23. The molecule has 4 heteroatoms. The smallest absolute Gasteiger partial charge is 0.157 e. The molecule has 0 aliphatic carbocycles. The highest BCUT2D eigenvalue weighted by Crippen LogP contribution is 2.30. The Kier molecular flexibility index (Phi) is 4.09. The number of rotatable bonds is 2. The van der Waals surface area contributed by atoms with Gasteiger partial charge in [-0.05, 0) is 50.2 Å². The molecule has 1 aliphatic heterocycles. The average molecular weight is 343 g/mol. The molecule has 0 unspecified atom stereocenters. The molecule has 1 N–H and O–H groups in total. The van der Waals surface area contributed by atoms with E-state index >= 15 is 0 Å². The molecule has 26 heavy (non-hydrogen) atoms. The summed E-state index contributed by atoms with van der Waals surface area (Å²) in [7, 11) is 0. The largest absolute Gasteiger partial charge is 0.338 e. The molecule has 3 aromatic rings. The van der Waals surface area contributed by atoms with E-state index in [9.17, 15) is 4.39 Å². The number of fused-ring (bicyclic) bond motifs is 1. The van der Waals surface area contributed by atoms with Crippen LogP contribution in [0.15, 0.2) is 76.7 Å². The van der Waals surface area contributed by atoms with E-state index in [-0.39, 0.29) is 5.82 Å². The second-order valence-electron chi connectivity index (χ2n) is 6.41. The molecular weight excluding hydrogens is 325 g/mol. The normalized spacial score (nSPS) is 14.3. The van der Waals surface area contributed by atoms with Crippen LogP contribution in [0.4, 0.5) is 21.5 Å². The number of anilines is 1. The van der Waals surface area contributed by atoms with E-state index in [4.69, 9.17) is 4.99 Å². The van der Waals surface area contributed by atoms with Gasteiger partial charge < -0.3 is 5.32 Å². The molecule has 0 saturated carbocycles. The third kappa shape index (κ3) is 3.26. The summed E-state index contributed by atoms with van der Waals surface area (Å²) in [6.07, 6.45) is 0. The Morgan fingerprint density at radius 1 is 0.846 bits per heavy atom. The minimum absolute atomic E-state index is 0.307. The van der Waals surface area contributed by atoms with Gasteiger partial charge in [0.2, 0.25) is 0 Å². The zero-order valence-corrected chi connectivity index (χ0v) is 14.6. The Hall–Kier alpha value is -3.27. The average Bonchev–Trinajstić information content (AvgIpc) is 2.95. The van der Waals surface area contributed by atoms with Crippen molar-refractivity contribution in [2.45, 2.75) is 13.8 Å². The molecule has 0 aromatic heterocycles. The fourth-order valence-electron chi connectivity index (χ4n) is 2.82. The van der Waals surface area contributed by atoms with E-state index in [1.165, 1.54) is 23.3 Å². The summed E-state index contributed by atoms with van der Waals surface area (Å²) in [5, 5.41) is 3.31. The summed E-state index contributed by atoms with van der Waals surface area (Å²) >= 11 is 0. The third-order valence-electron chi connectivity index (χ3n) is 4.26. The lowest BCUT2D eigenvalue weighted by atomic mass is 10.1. The van der Waals surface area contributed by atoms with Gasteiger partial charge >= 0.3 is 0 Å². The lowest BCUT2D eigenvalue weighted by Crippen LogP contribution is -2.20. The molecule has 0 saturated heterocycles. The van der Waals surface area contributed by atoms with E-state index in [2.05, 4.69) is 10.3 Å². The van der Waals surface area contributed by atoms with Gasteiger partial charge in [0.15, 0.2) is 5.84 Å². The molecule has 4 rings (SSSR count). The number of halogens is 1. The van der Waals surface area contributed by atoms with Crippen LogP contribution >= 0.6 is 0 Å². The number of aryl methyl sites for hydroxylation is 2. The van der Waals surface area contributed by atoms with Gasteiger partial charge in [0, 0.05) is 17.3 Å². The van der Waals surface area contributed by atoms with Gasteiger partial charge in [-0.3, -0.25) is 0 Å². The van der Waals surface area contributed by atoms with Crippen LogP contribution in [0.2, 0.25) is 0 Å². The molecule has 3 nitrogen and oxygen atoms in total. The Balaban J connectivity index is 1.76. The zero-order valence-electron chi connectivity index (χ0n) is 14.6. The molecular formula is C22H18FN3. The van der Waals surface area contributed by atoms with Gasteiger partial charge in [-0.2, -0.15) is 0 Å². The zero-order chi connectivity index (χ0) is 18.1. The maximum Gasteiger partial charge on any atom is 0.157 e. The van der Waals surface area contributed by atoms with Crippen molar-refractivity contribution < 1.29 is 4.39 Å². The summed E-state index contributed by atoms with van der Waals surface area (Å²) in [6, 6.07) is 20.6. The van der Waals surface area contributed by atoms with Crippen LogP contribution in [0.1, 0.15) is 16.7 Å². The van der Waals surface area contributed by atoms with Crippen molar-refractivity contribution in [1.82, 2.24) is 0 Å². The first-order valence-corrected chi connectivity index (χ1v) is 8.46. The van der Waals surface area contributed by atoms with Crippen molar-refractivity contribution in [3.05, 3.63) is 89.2 Å². The lowest BCUT2D eigenvalue weighted by Gasteiger charge is -2.08. The Morgan fingerprint density at radius 2 is 1.50 bits per heavy atom. The van der Waals surface area contributed by atoms with E-state index < -0.39 is 0 Å². The molecule has 0 spiro atoms. The third-order valence-corrected chi connectivity index (χ3v) is 4.26. The molecule has 0 radical (unpaired) electrons. The summed E-state index contributed by atoms with van der Waals surface area (Å²) < 4.78 is 13.6. The molecule has 1 heterocycles. The van der Waals surface area contributed by atoms with Gasteiger partial charge in [0.05, 0.1) is 11.4 Å². The Bertz CT molecular complexity index is 1020. The van der Waals surface area contributed by atoms with Gasteiger partial charge in [-0.25, -0.2) is 14.4 Å². The maximum atomic E-state index is 13.6. The van der Waals surface area contributed by atoms with Gasteiger partial charge in [-0.1, -0.05) is 35.4 Å². The molecule has 0 atom stereocenters. The van der Waals surface area contributed by atoms with Crippen molar-refractivity contribution in [2.24, 2.45) is 9.98 Å². The van der Waals surface area contributed by atoms with Crippen LogP contribution in [0.3, 0.4) is 0 Å². The number of nitrogens with one attached hydrogen (secondary N) is 1. The monoisotopic (exact) mass is 343 g/mol. The first-order valence-electron chi connectivity index (χ1n) is 8.46. The van der Waals surface area contributed by atoms with Crippen molar-refractivity contribution in [3.8, 4) is 0 Å². The Morgan fingerprint density at radius 3 is 2.19 bits per heavy atom. The van der Waals surface area contributed by atoms with E-state index in [1.54, 1.807) is 6.07 Å². The van der Waals surface area contributed by atoms with Gasteiger partial charge in [0.25, 0.3) is 0 Å². The van der Waals surface area contributed by atoms with Crippen LogP contribution in [0.5, 0.6) is 0 Å². The van der Waals surface area contributed by atoms with Crippen molar-refractivity contribution in [1.29, 1.82) is 0 Å². The number of benzene rings is 3. The molecule has 1 aliphatic rings. The molecule has 128 valence electrons. The van der Waals surface area contributed by atoms with E-state index in [0.717, 1.165) is 16.9 Å². The first kappa shape index (κ1) is 16.2.